The Labute approximate surface area is 195 Å². The number of carbonyl (C=O) groups excluding carboxylic acids is 1. The van der Waals surface area contributed by atoms with E-state index in [0.29, 0.717) is 12.2 Å². The molecule has 1 aliphatic rings. The number of benzene rings is 2. The van der Waals surface area contributed by atoms with Gasteiger partial charge in [-0.2, -0.15) is 0 Å². The molecule has 1 aromatic heterocycles. The maximum Gasteiger partial charge on any atom is 0.337 e. The predicted octanol–water partition coefficient (Wildman–Crippen LogP) is 4.72. The highest BCUT2D eigenvalue weighted by atomic mass is 16.5. The molecule has 0 bridgehead atoms. The van der Waals surface area contributed by atoms with Crippen molar-refractivity contribution in [3.8, 4) is 5.75 Å². The van der Waals surface area contributed by atoms with Crippen LogP contribution in [-0.2, 0) is 16.0 Å². The predicted molar refractivity (Wildman–Crippen MR) is 128 cm³/mol. The van der Waals surface area contributed by atoms with Gasteiger partial charge >= 0.3 is 5.97 Å². The van der Waals surface area contributed by atoms with Crippen LogP contribution in [0.2, 0.25) is 0 Å². The van der Waals surface area contributed by atoms with E-state index in [1.54, 1.807) is 7.11 Å². The molecule has 33 heavy (non-hydrogen) atoms. The largest absolute Gasteiger partial charge is 0.496 e. The molecule has 1 aliphatic heterocycles. The van der Waals surface area contributed by atoms with Crippen molar-refractivity contribution in [1.29, 1.82) is 0 Å². The highest BCUT2D eigenvalue weighted by Crippen LogP contribution is 2.37. The summed E-state index contributed by atoms with van der Waals surface area (Å²) in [6.07, 6.45) is 2.08. The van der Waals surface area contributed by atoms with Crippen molar-refractivity contribution in [2.75, 3.05) is 27.4 Å². The van der Waals surface area contributed by atoms with Gasteiger partial charge in [-0.3, -0.25) is 4.90 Å². The van der Waals surface area contributed by atoms with Gasteiger partial charge in [0.05, 0.1) is 36.9 Å². The minimum absolute atomic E-state index is 0.159. The van der Waals surface area contributed by atoms with Crippen LogP contribution in [0, 0.1) is 13.8 Å². The van der Waals surface area contributed by atoms with E-state index in [2.05, 4.69) is 22.9 Å². The summed E-state index contributed by atoms with van der Waals surface area (Å²) in [5.41, 5.74) is 5.96. The monoisotopic (exact) mass is 451 g/mol. The molecule has 0 saturated carbocycles. The molecular formula is C26H33N3O4. The van der Waals surface area contributed by atoms with E-state index >= 15 is 0 Å². The van der Waals surface area contributed by atoms with E-state index in [9.17, 15) is 4.79 Å². The van der Waals surface area contributed by atoms with Crippen LogP contribution < -0.4 is 4.74 Å². The number of methoxy groups -OCH3 is 2. The number of piperidine rings is 1. The van der Waals surface area contributed by atoms with E-state index < -0.39 is 0 Å². The number of aromatic nitrogens is 2. The van der Waals surface area contributed by atoms with Gasteiger partial charge in [0.25, 0.3) is 0 Å². The molecule has 0 unspecified atom stereocenters. The summed E-state index contributed by atoms with van der Waals surface area (Å²) >= 11 is 0. The lowest BCUT2D eigenvalue weighted by molar-refractivity contribution is -0.0138. The second-order valence-corrected chi connectivity index (χ2v) is 8.62. The van der Waals surface area contributed by atoms with E-state index in [-0.39, 0.29) is 18.1 Å². The molecule has 0 amide bonds. The quantitative estimate of drug-likeness (QED) is 0.524. The molecule has 0 radical (unpaired) electrons. The molecule has 3 aromatic rings. The van der Waals surface area contributed by atoms with Gasteiger partial charge in [0.1, 0.15) is 11.6 Å². The standard InChI is InChI=1S/C26H33N3O4/c1-6-33-20-11-12-29(22(14-20)18-7-9-19(10-8-18)26(30)32-5)15-21-23(31-4)13-16(2)24-25(21)28-17(3)27-24/h7-10,13,20,22H,6,11-12,14-15H2,1-5H3,(H,27,28)/t20-,22-/m0/s1. The number of carbonyl (C=O) groups is 1. The van der Waals surface area contributed by atoms with Crippen molar-refractivity contribution in [2.24, 2.45) is 0 Å². The van der Waals surface area contributed by atoms with Crippen molar-refractivity contribution < 1.29 is 19.0 Å². The molecule has 2 heterocycles. The SMILES string of the molecule is CCO[C@H]1CCN(Cc2c(OC)cc(C)c3nc(C)[nH]c23)[C@H](c2ccc(C(=O)OC)cc2)C1. The first-order valence-electron chi connectivity index (χ1n) is 11.5. The Morgan fingerprint density at radius 2 is 1.97 bits per heavy atom. The van der Waals surface area contributed by atoms with Gasteiger partial charge in [-0.25, -0.2) is 9.78 Å². The maximum absolute atomic E-state index is 11.9. The van der Waals surface area contributed by atoms with E-state index in [1.165, 1.54) is 7.11 Å². The van der Waals surface area contributed by atoms with E-state index in [1.807, 2.05) is 38.1 Å². The topological polar surface area (TPSA) is 76.7 Å². The molecule has 2 aromatic carbocycles. The molecule has 1 fully saturated rings. The number of rotatable bonds is 7. The Kier molecular flexibility index (Phi) is 7.00. The zero-order valence-corrected chi connectivity index (χ0v) is 20.1. The van der Waals surface area contributed by atoms with Gasteiger partial charge < -0.3 is 19.2 Å². The maximum atomic E-state index is 11.9. The number of hydrogen-bond acceptors (Lipinski definition) is 6. The minimum Gasteiger partial charge on any atom is -0.496 e. The first-order valence-corrected chi connectivity index (χ1v) is 11.5. The van der Waals surface area contributed by atoms with Crippen LogP contribution in [0.1, 0.15) is 58.7 Å². The van der Waals surface area contributed by atoms with Crippen LogP contribution >= 0.6 is 0 Å². The Morgan fingerprint density at radius 3 is 2.64 bits per heavy atom. The first-order chi connectivity index (χ1) is 15.9. The van der Waals surface area contributed by atoms with Gasteiger partial charge in [0.15, 0.2) is 0 Å². The molecule has 4 rings (SSSR count). The Balaban J connectivity index is 1.69. The fourth-order valence-corrected chi connectivity index (χ4v) is 4.88. The summed E-state index contributed by atoms with van der Waals surface area (Å²) in [5, 5.41) is 0. The zero-order chi connectivity index (χ0) is 23.5. The lowest BCUT2D eigenvalue weighted by atomic mass is 9.91. The van der Waals surface area contributed by atoms with Crippen LogP contribution in [0.4, 0.5) is 0 Å². The number of aromatic amines is 1. The second kappa shape index (κ2) is 9.93. The minimum atomic E-state index is -0.323. The Morgan fingerprint density at radius 1 is 1.21 bits per heavy atom. The molecule has 2 atom stereocenters. The van der Waals surface area contributed by atoms with Crippen molar-refractivity contribution >= 4 is 17.0 Å². The van der Waals surface area contributed by atoms with Crippen LogP contribution in [0.15, 0.2) is 30.3 Å². The van der Waals surface area contributed by atoms with Crippen LogP contribution in [0.5, 0.6) is 5.75 Å². The summed E-state index contributed by atoms with van der Waals surface area (Å²) < 4.78 is 16.7. The highest BCUT2D eigenvalue weighted by molar-refractivity contribution is 5.89. The molecule has 0 aliphatic carbocycles. The van der Waals surface area contributed by atoms with Crippen molar-refractivity contribution in [3.63, 3.8) is 0 Å². The Hall–Kier alpha value is -2.90. The van der Waals surface area contributed by atoms with Crippen molar-refractivity contribution in [2.45, 2.75) is 52.3 Å². The third-order valence-electron chi connectivity index (χ3n) is 6.51. The lowest BCUT2D eigenvalue weighted by Gasteiger charge is -2.40. The smallest absolute Gasteiger partial charge is 0.337 e. The molecule has 1 N–H and O–H groups in total. The van der Waals surface area contributed by atoms with E-state index in [4.69, 9.17) is 19.2 Å². The third-order valence-corrected chi connectivity index (χ3v) is 6.51. The average molecular weight is 452 g/mol. The summed E-state index contributed by atoms with van der Waals surface area (Å²) in [6, 6.07) is 9.97. The van der Waals surface area contributed by atoms with E-state index in [0.717, 1.165) is 65.2 Å². The molecular weight excluding hydrogens is 418 g/mol. The molecule has 1 saturated heterocycles. The number of likely N-dealkylation sites (tertiary alicyclic amines) is 1. The number of nitrogens with one attached hydrogen (secondary N) is 1. The third kappa shape index (κ3) is 4.75. The molecule has 7 heteroatoms. The van der Waals surface area contributed by atoms with Crippen LogP contribution in [0.25, 0.3) is 11.0 Å². The van der Waals surface area contributed by atoms with Gasteiger partial charge in [0, 0.05) is 31.3 Å². The number of esters is 1. The van der Waals surface area contributed by atoms with Crippen molar-refractivity contribution in [3.05, 3.63) is 58.4 Å². The van der Waals surface area contributed by atoms with Crippen LogP contribution in [-0.4, -0.2) is 54.3 Å². The number of H-pyrrole nitrogens is 1. The molecule has 7 nitrogen and oxygen atoms in total. The number of fused-ring (bicyclic) bond motifs is 1. The number of ether oxygens (including phenoxy) is 3. The van der Waals surface area contributed by atoms with Gasteiger partial charge in [-0.05, 0) is 62.9 Å². The average Bonchev–Trinajstić information content (AvgIpc) is 3.23. The zero-order valence-electron chi connectivity index (χ0n) is 20.1. The molecule has 0 spiro atoms. The number of imidazole rings is 1. The Bertz CT molecular complexity index is 1120. The fraction of sp³-hybridized carbons (Fsp3) is 0.462. The van der Waals surface area contributed by atoms with Gasteiger partial charge in [-0.1, -0.05) is 12.1 Å². The highest BCUT2D eigenvalue weighted by Gasteiger charge is 2.31. The van der Waals surface area contributed by atoms with Gasteiger partial charge in [0.2, 0.25) is 0 Å². The van der Waals surface area contributed by atoms with Gasteiger partial charge in [-0.15, -0.1) is 0 Å². The normalized spacial score (nSPS) is 19.1. The second-order valence-electron chi connectivity index (χ2n) is 8.62. The number of aryl methyl sites for hydroxylation is 2. The van der Waals surface area contributed by atoms with Crippen molar-refractivity contribution in [1.82, 2.24) is 14.9 Å². The number of hydrogen-bond donors (Lipinski definition) is 1. The summed E-state index contributed by atoms with van der Waals surface area (Å²) in [5.74, 6) is 1.44. The molecule has 176 valence electrons. The summed E-state index contributed by atoms with van der Waals surface area (Å²) in [4.78, 5) is 22.5. The first kappa shape index (κ1) is 23.3. The summed E-state index contributed by atoms with van der Waals surface area (Å²) in [7, 11) is 3.12. The van der Waals surface area contributed by atoms with Crippen LogP contribution in [0.3, 0.4) is 0 Å². The lowest BCUT2D eigenvalue weighted by Crippen LogP contribution is -2.39. The summed E-state index contributed by atoms with van der Waals surface area (Å²) in [6.45, 7) is 8.42. The fourth-order valence-electron chi connectivity index (χ4n) is 4.88. The number of nitrogens with zero attached hydrogens (tertiary/aromatic N) is 2.